The number of aromatic hydroxyl groups is 1. The minimum absolute atomic E-state index is 0.139. The number of hydrogen-bond acceptors (Lipinski definition) is 6. The van der Waals surface area contributed by atoms with Crippen molar-refractivity contribution >= 4 is 55.6 Å². The Morgan fingerprint density at radius 1 is 1.38 bits per heavy atom. The first-order chi connectivity index (χ1) is 11.6. The first-order valence-corrected chi connectivity index (χ1v) is 9.07. The van der Waals surface area contributed by atoms with E-state index in [4.69, 9.17) is 0 Å². The fraction of sp³-hybridized carbons (Fsp3) is 0.118. The number of carbonyl (C=O) groups excluding carboxylic acids is 1. The molecule has 122 valence electrons. The average molecular weight is 357 g/mol. The van der Waals surface area contributed by atoms with Crippen molar-refractivity contribution in [1.82, 2.24) is 4.98 Å². The van der Waals surface area contributed by atoms with E-state index in [-0.39, 0.29) is 17.4 Å². The Bertz CT molecular complexity index is 906. The van der Waals surface area contributed by atoms with E-state index >= 15 is 0 Å². The number of phenols is 1. The summed E-state index contributed by atoms with van der Waals surface area (Å²) in [5.74, 6) is 0.308. The summed E-state index contributed by atoms with van der Waals surface area (Å²) in [7, 11) is 0. The van der Waals surface area contributed by atoms with Gasteiger partial charge < -0.3 is 10.4 Å². The summed E-state index contributed by atoms with van der Waals surface area (Å²) in [5, 5.41) is 12.7. The van der Waals surface area contributed by atoms with Crippen LogP contribution in [0, 0.1) is 6.92 Å². The summed E-state index contributed by atoms with van der Waals surface area (Å²) in [6.45, 7) is 2.00. The highest BCUT2D eigenvalue weighted by atomic mass is 32.2. The van der Waals surface area contributed by atoms with Crippen LogP contribution in [-0.4, -0.2) is 27.3 Å². The van der Waals surface area contributed by atoms with Gasteiger partial charge in [-0.2, -0.15) is 0 Å². The van der Waals surface area contributed by atoms with Crippen molar-refractivity contribution in [2.75, 3.05) is 11.1 Å². The molecule has 0 spiro atoms. The lowest BCUT2D eigenvalue weighted by Gasteiger charge is -1.99. The first-order valence-electron chi connectivity index (χ1n) is 7.21. The Labute approximate surface area is 147 Å². The predicted octanol–water partition coefficient (Wildman–Crippen LogP) is 4.34. The molecule has 2 N–H and O–H groups in total. The second kappa shape index (κ2) is 7.46. The number of carbonyl (C=O) groups is 1. The van der Waals surface area contributed by atoms with Gasteiger partial charge in [0.1, 0.15) is 5.75 Å². The zero-order valence-corrected chi connectivity index (χ0v) is 14.5. The van der Waals surface area contributed by atoms with E-state index in [1.165, 1.54) is 23.1 Å². The number of para-hydroxylation sites is 1. The van der Waals surface area contributed by atoms with Gasteiger partial charge in [0.05, 0.1) is 27.2 Å². The number of rotatable bonds is 5. The number of thioether (sulfide) groups is 1. The number of anilines is 1. The fourth-order valence-electron chi connectivity index (χ4n) is 2.04. The van der Waals surface area contributed by atoms with Crippen LogP contribution in [0.25, 0.3) is 10.2 Å². The molecule has 7 heteroatoms. The van der Waals surface area contributed by atoms with Crippen molar-refractivity contribution in [2.24, 2.45) is 4.99 Å². The van der Waals surface area contributed by atoms with Crippen molar-refractivity contribution < 1.29 is 9.90 Å². The lowest BCUT2D eigenvalue weighted by Crippen LogP contribution is -2.13. The number of aliphatic imine (C=N–C) groups is 1. The Morgan fingerprint density at radius 3 is 3.04 bits per heavy atom. The average Bonchev–Trinajstić information content (AvgIpc) is 2.94. The largest absolute Gasteiger partial charge is 0.508 e. The standard InChI is InChI=1S/C17H15N3O2S2/c1-11-4-2-3-5-13(11)18-10-23-9-16(22)20-17-19-14-7-6-12(21)8-15(14)24-17/h2-8,10,21H,9H2,1H3,(H,19,20,22). The zero-order chi connectivity index (χ0) is 16.9. The number of aryl methyl sites for hydroxylation is 1. The minimum Gasteiger partial charge on any atom is -0.508 e. The van der Waals surface area contributed by atoms with Gasteiger partial charge in [0.2, 0.25) is 5.91 Å². The van der Waals surface area contributed by atoms with E-state index in [0.717, 1.165) is 21.5 Å². The maximum Gasteiger partial charge on any atom is 0.236 e. The van der Waals surface area contributed by atoms with E-state index in [1.54, 1.807) is 23.7 Å². The molecule has 2 aromatic carbocycles. The summed E-state index contributed by atoms with van der Waals surface area (Å²) in [4.78, 5) is 20.6. The van der Waals surface area contributed by atoms with Gasteiger partial charge in [0.25, 0.3) is 0 Å². The Morgan fingerprint density at radius 2 is 2.21 bits per heavy atom. The van der Waals surface area contributed by atoms with E-state index in [1.807, 2.05) is 31.2 Å². The smallest absolute Gasteiger partial charge is 0.236 e. The molecule has 5 nitrogen and oxygen atoms in total. The van der Waals surface area contributed by atoms with Gasteiger partial charge in [-0.15, -0.1) is 11.8 Å². The molecule has 0 saturated heterocycles. The number of hydrogen-bond donors (Lipinski definition) is 2. The monoisotopic (exact) mass is 357 g/mol. The van der Waals surface area contributed by atoms with Crippen LogP contribution in [0.1, 0.15) is 5.56 Å². The van der Waals surface area contributed by atoms with Crippen molar-refractivity contribution in [1.29, 1.82) is 0 Å². The fourth-order valence-corrected chi connectivity index (χ4v) is 3.44. The van der Waals surface area contributed by atoms with Crippen molar-refractivity contribution in [2.45, 2.75) is 6.92 Å². The van der Waals surface area contributed by atoms with Crippen molar-refractivity contribution in [3.8, 4) is 5.75 Å². The number of thiazole rings is 1. The third-order valence-electron chi connectivity index (χ3n) is 3.21. The number of benzene rings is 2. The van der Waals surface area contributed by atoms with E-state index in [2.05, 4.69) is 15.3 Å². The maximum atomic E-state index is 12.0. The molecule has 3 rings (SSSR count). The van der Waals surface area contributed by atoms with E-state index < -0.39 is 0 Å². The second-order valence-corrected chi connectivity index (χ2v) is 6.91. The Balaban J connectivity index is 1.54. The third kappa shape index (κ3) is 4.12. The molecule has 0 unspecified atom stereocenters. The highest BCUT2D eigenvalue weighted by molar-refractivity contribution is 8.12. The number of nitrogens with one attached hydrogen (secondary N) is 1. The van der Waals surface area contributed by atoms with Gasteiger partial charge in [-0.3, -0.25) is 4.79 Å². The maximum absolute atomic E-state index is 12.0. The summed E-state index contributed by atoms with van der Waals surface area (Å²) in [5.41, 5.74) is 4.42. The highest BCUT2D eigenvalue weighted by Crippen LogP contribution is 2.28. The SMILES string of the molecule is Cc1ccccc1N=CSCC(=O)Nc1nc2ccc(O)cc2s1. The van der Waals surface area contributed by atoms with Crippen LogP contribution in [0.2, 0.25) is 0 Å². The number of fused-ring (bicyclic) bond motifs is 1. The Kier molecular flexibility index (Phi) is 5.12. The van der Waals surface area contributed by atoms with Gasteiger partial charge in [0, 0.05) is 0 Å². The molecule has 0 aliphatic carbocycles. The Hall–Kier alpha value is -2.38. The molecule has 0 bridgehead atoms. The second-order valence-electron chi connectivity index (χ2n) is 5.05. The molecule has 0 aliphatic heterocycles. The number of amides is 1. The van der Waals surface area contributed by atoms with Crippen molar-refractivity contribution in [3.63, 3.8) is 0 Å². The molecule has 3 aromatic rings. The van der Waals surface area contributed by atoms with Crippen LogP contribution in [0.4, 0.5) is 10.8 Å². The molecule has 0 fully saturated rings. The highest BCUT2D eigenvalue weighted by Gasteiger charge is 2.08. The molecule has 0 radical (unpaired) electrons. The van der Waals surface area contributed by atoms with E-state index in [9.17, 15) is 9.90 Å². The molecule has 24 heavy (non-hydrogen) atoms. The van der Waals surface area contributed by atoms with Gasteiger partial charge >= 0.3 is 0 Å². The normalized spacial score (nSPS) is 11.2. The van der Waals surface area contributed by atoms with Gasteiger partial charge in [-0.05, 0) is 36.8 Å². The predicted molar refractivity (Wildman–Crippen MR) is 102 cm³/mol. The van der Waals surface area contributed by atoms with Crippen LogP contribution < -0.4 is 5.32 Å². The summed E-state index contributed by atoms with van der Waals surface area (Å²) in [6, 6.07) is 12.8. The van der Waals surface area contributed by atoms with E-state index in [0.29, 0.717) is 5.13 Å². The molecular weight excluding hydrogens is 342 g/mol. The molecule has 0 atom stereocenters. The number of phenolic OH excluding ortho intramolecular Hbond substituents is 1. The molecule has 0 saturated carbocycles. The molecule has 1 heterocycles. The quantitative estimate of drug-likeness (QED) is 0.526. The van der Waals surface area contributed by atoms with Crippen LogP contribution in [0.15, 0.2) is 47.5 Å². The molecule has 1 amide bonds. The van der Waals surface area contributed by atoms with Gasteiger partial charge in [0.15, 0.2) is 5.13 Å². The molecule has 0 aliphatic rings. The summed E-state index contributed by atoms with van der Waals surface area (Å²) in [6.07, 6.45) is 0. The minimum atomic E-state index is -0.139. The van der Waals surface area contributed by atoms with Crippen molar-refractivity contribution in [3.05, 3.63) is 48.0 Å². The van der Waals surface area contributed by atoms with Crippen LogP contribution in [0.3, 0.4) is 0 Å². The molecular formula is C17H15N3O2S2. The third-order valence-corrected chi connectivity index (χ3v) is 4.83. The summed E-state index contributed by atoms with van der Waals surface area (Å²) >= 11 is 2.66. The number of nitrogens with zero attached hydrogens (tertiary/aromatic N) is 2. The molecule has 1 aromatic heterocycles. The first kappa shape index (κ1) is 16.5. The topological polar surface area (TPSA) is 74.6 Å². The summed E-state index contributed by atoms with van der Waals surface area (Å²) < 4.78 is 0.832. The van der Waals surface area contributed by atoms with Gasteiger partial charge in [-0.25, -0.2) is 9.98 Å². The lowest BCUT2D eigenvalue weighted by molar-refractivity contribution is -0.113. The zero-order valence-electron chi connectivity index (χ0n) is 12.9. The number of aromatic nitrogens is 1. The van der Waals surface area contributed by atoms with Gasteiger partial charge in [-0.1, -0.05) is 29.5 Å². The lowest BCUT2D eigenvalue weighted by atomic mass is 10.2. The van der Waals surface area contributed by atoms with Crippen LogP contribution in [-0.2, 0) is 4.79 Å². The van der Waals surface area contributed by atoms with Crippen LogP contribution >= 0.6 is 23.1 Å². The van der Waals surface area contributed by atoms with Crippen LogP contribution in [0.5, 0.6) is 5.75 Å².